The summed E-state index contributed by atoms with van der Waals surface area (Å²) in [7, 11) is 0. The van der Waals surface area contributed by atoms with Gasteiger partial charge < -0.3 is 11.1 Å². The molecular formula is C19H20N6S. The first kappa shape index (κ1) is 16.8. The molecule has 4 aromatic heterocycles. The lowest BCUT2D eigenvalue weighted by Crippen LogP contribution is -2.25. The zero-order chi connectivity index (χ0) is 18.3. The van der Waals surface area contributed by atoms with E-state index in [0.717, 1.165) is 37.5 Å². The molecule has 0 saturated carbocycles. The van der Waals surface area contributed by atoms with E-state index in [-0.39, 0.29) is 6.04 Å². The van der Waals surface area contributed by atoms with Crippen LogP contribution in [0.15, 0.2) is 30.6 Å². The van der Waals surface area contributed by atoms with Gasteiger partial charge in [-0.25, -0.2) is 15.0 Å². The lowest BCUT2D eigenvalue weighted by atomic mass is 10.1. The molecule has 0 radical (unpaired) electrons. The zero-order valence-corrected chi connectivity index (χ0v) is 15.8. The van der Waals surface area contributed by atoms with Gasteiger partial charge >= 0.3 is 0 Å². The lowest BCUT2D eigenvalue weighted by molar-refractivity contribution is 0.778. The topological polar surface area (TPSA) is 89.6 Å². The lowest BCUT2D eigenvalue weighted by Gasteiger charge is -2.10. The third kappa shape index (κ3) is 3.00. The normalized spacial score (nSPS) is 12.6. The van der Waals surface area contributed by atoms with Gasteiger partial charge in [0.25, 0.3) is 0 Å². The molecule has 0 spiro atoms. The van der Waals surface area contributed by atoms with Crippen LogP contribution in [-0.2, 0) is 0 Å². The highest BCUT2D eigenvalue weighted by molar-refractivity contribution is 7.26. The Morgan fingerprint density at radius 3 is 2.65 bits per heavy atom. The average Bonchev–Trinajstić information content (AvgIpc) is 2.98. The van der Waals surface area contributed by atoms with Crippen LogP contribution >= 0.6 is 11.3 Å². The van der Waals surface area contributed by atoms with Gasteiger partial charge in [0.2, 0.25) is 0 Å². The molecule has 0 aliphatic rings. The number of aryl methyl sites for hydroxylation is 2. The summed E-state index contributed by atoms with van der Waals surface area (Å²) in [6, 6.07) is 5.96. The van der Waals surface area contributed by atoms with Gasteiger partial charge in [-0.05, 0) is 44.5 Å². The van der Waals surface area contributed by atoms with Gasteiger partial charge in [0.1, 0.15) is 10.6 Å². The van der Waals surface area contributed by atoms with Crippen LogP contribution in [0.5, 0.6) is 0 Å². The third-order valence-electron chi connectivity index (χ3n) is 4.14. The van der Waals surface area contributed by atoms with Gasteiger partial charge in [0, 0.05) is 41.6 Å². The number of pyridine rings is 2. The van der Waals surface area contributed by atoms with E-state index in [1.807, 2.05) is 26.0 Å². The molecule has 0 bridgehead atoms. The van der Waals surface area contributed by atoms with E-state index in [1.165, 1.54) is 5.56 Å². The summed E-state index contributed by atoms with van der Waals surface area (Å²) in [6.07, 6.45) is 3.50. The Morgan fingerprint density at radius 1 is 1.15 bits per heavy atom. The third-order valence-corrected chi connectivity index (χ3v) is 5.22. The molecule has 7 heteroatoms. The highest BCUT2D eigenvalue weighted by atomic mass is 32.1. The predicted octanol–water partition coefficient (Wildman–Crippen LogP) is 3.68. The Morgan fingerprint density at radius 2 is 1.92 bits per heavy atom. The van der Waals surface area contributed by atoms with E-state index in [0.29, 0.717) is 12.4 Å². The number of fused-ring (bicyclic) bond motifs is 3. The van der Waals surface area contributed by atoms with Gasteiger partial charge in [-0.3, -0.25) is 4.98 Å². The Bertz CT molecular complexity index is 1090. The largest absolute Gasteiger partial charge is 0.367 e. The number of thiophene rings is 1. The second-order valence-electron chi connectivity index (χ2n) is 6.53. The van der Waals surface area contributed by atoms with E-state index >= 15 is 0 Å². The van der Waals surface area contributed by atoms with Crippen LogP contribution in [0.1, 0.15) is 18.2 Å². The van der Waals surface area contributed by atoms with Gasteiger partial charge in [-0.1, -0.05) is 0 Å². The molecule has 0 saturated heterocycles. The number of rotatable bonds is 4. The van der Waals surface area contributed by atoms with Crippen molar-refractivity contribution in [1.29, 1.82) is 0 Å². The minimum Gasteiger partial charge on any atom is -0.367 e. The fourth-order valence-electron chi connectivity index (χ4n) is 2.99. The molecule has 4 heterocycles. The van der Waals surface area contributed by atoms with E-state index in [1.54, 1.807) is 23.7 Å². The highest BCUT2D eigenvalue weighted by Crippen LogP contribution is 2.38. The number of anilines is 1. The van der Waals surface area contributed by atoms with Gasteiger partial charge in [-0.15, -0.1) is 11.3 Å². The monoisotopic (exact) mass is 364 g/mol. The summed E-state index contributed by atoms with van der Waals surface area (Å²) < 4.78 is 1.01. The molecule has 4 rings (SSSR count). The van der Waals surface area contributed by atoms with Gasteiger partial charge in [0.15, 0.2) is 5.82 Å². The molecule has 1 unspecified atom stereocenters. The maximum atomic E-state index is 5.93. The minimum atomic E-state index is 0.0286. The molecule has 0 fully saturated rings. The summed E-state index contributed by atoms with van der Waals surface area (Å²) in [5.74, 6) is 1.48. The highest BCUT2D eigenvalue weighted by Gasteiger charge is 2.17. The van der Waals surface area contributed by atoms with Crippen molar-refractivity contribution in [3.05, 3.63) is 41.9 Å². The summed E-state index contributed by atoms with van der Waals surface area (Å²) in [5.41, 5.74) is 9.98. The number of aromatic nitrogens is 4. The number of nitrogens with zero attached hydrogens (tertiary/aromatic N) is 4. The summed E-state index contributed by atoms with van der Waals surface area (Å²) in [5, 5.41) is 4.48. The average molecular weight is 364 g/mol. The molecule has 0 amide bonds. The first-order valence-electron chi connectivity index (χ1n) is 8.51. The van der Waals surface area contributed by atoms with Crippen molar-refractivity contribution in [1.82, 2.24) is 19.9 Å². The van der Waals surface area contributed by atoms with Crippen molar-refractivity contribution in [3.63, 3.8) is 0 Å². The SMILES string of the molecule is Cc1cc(C)c2c(n1)sc1c(NCC(C)N)nc(-c3ccncc3)nc12. The Kier molecular flexibility index (Phi) is 4.26. The summed E-state index contributed by atoms with van der Waals surface area (Å²) in [6.45, 7) is 6.73. The van der Waals surface area contributed by atoms with Crippen molar-refractivity contribution >= 4 is 37.6 Å². The van der Waals surface area contributed by atoms with E-state index in [2.05, 4.69) is 23.3 Å². The van der Waals surface area contributed by atoms with Crippen LogP contribution in [-0.4, -0.2) is 32.5 Å². The second kappa shape index (κ2) is 6.59. The van der Waals surface area contributed by atoms with Crippen LogP contribution in [0.3, 0.4) is 0 Å². The molecule has 3 N–H and O–H groups in total. The minimum absolute atomic E-state index is 0.0286. The van der Waals surface area contributed by atoms with E-state index in [9.17, 15) is 0 Å². The predicted molar refractivity (Wildman–Crippen MR) is 108 cm³/mol. The van der Waals surface area contributed by atoms with Crippen LogP contribution in [0.4, 0.5) is 5.82 Å². The summed E-state index contributed by atoms with van der Waals surface area (Å²) >= 11 is 1.62. The number of hydrogen-bond acceptors (Lipinski definition) is 7. The molecule has 0 aliphatic heterocycles. The Hall–Kier alpha value is -2.64. The molecule has 1 atom stereocenters. The molecule has 0 aromatic carbocycles. The van der Waals surface area contributed by atoms with Crippen molar-refractivity contribution in [3.8, 4) is 11.4 Å². The molecule has 26 heavy (non-hydrogen) atoms. The number of hydrogen-bond donors (Lipinski definition) is 2. The fraction of sp³-hybridized carbons (Fsp3) is 0.263. The fourth-order valence-corrected chi connectivity index (χ4v) is 4.19. The van der Waals surface area contributed by atoms with Crippen LogP contribution in [0, 0.1) is 13.8 Å². The van der Waals surface area contributed by atoms with Crippen LogP contribution in [0.25, 0.3) is 31.8 Å². The molecular weight excluding hydrogens is 344 g/mol. The number of nitrogens with one attached hydrogen (secondary N) is 1. The second-order valence-corrected chi connectivity index (χ2v) is 7.53. The van der Waals surface area contributed by atoms with Gasteiger partial charge in [0.05, 0.1) is 10.2 Å². The van der Waals surface area contributed by atoms with Crippen molar-refractivity contribution in [2.24, 2.45) is 5.73 Å². The molecule has 132 valence electrons. The molecule has 0 aliphatic carbocycles. The van der Waals surface area contributed by atoms with E-state index in [4.69, 9.17) is 20.7 Å². The van der Waals surface area contributed by atoms with Crippen LogP contribution in [0.2, 0.25) is 0 Å². The first-order valence-corrected chi connectivity index (χ1v) is 9.33. The molecule has 4 aromatic rings. The quantitative estimate of drug-likeness (QED) is 0.574. The van der Waals surface area contributed by atoms with E-state index < -0.39 is 0 Å². The smallest absolute Gasteiger partial charge is 0.162 e. The maximum absolute atomic E-state index is 5.93. The van der Waals surface area contributed by atoms with Crippen molar-refractivity contribution < 1.29 is 0 Å². The van der Waals surface area contributed by atoms with Crippen LogP contribution < -0.4 is 11.1 Å². The standard InChI is InChI=1S/C19H20N6S/c1-10-8-12(3)23-19-14(10)15-16(26-19)18(22-9-11(2)20)25-17(24-15)13-4-6-21-7-5-13/h4-8,11H,9,20H2,1-3H3,(H,22,24,25). The Balaban J connectivity index is 2.01. The number of nitrogens with two attached hydrogens (primary N) is 1. The first-order chi connectivity index (χ1) is 12.5. The summed E-state index contributed by atoms with van der Waals surface area (Å²) in [4.78, 5) is 19.4. The maximum Gasteiger partial charge on any atom is 0.162 e. The van der Waals surface area contributed by atoms with Crippen molar-refractivity contribution in [2.45, 2.75) is 26.8 Å². The zero-order valence-electron chi connectivity index (χ0n) is 14.9. The van der Waals surface area contributed by atoms with Crippen molar-refractivity contribution in [2.75, 3.05) is 11.9 Å². The van der Waals surface area contributed by atoms with Gasteiger partial charge in [-0.2, -0.15) is 0 Å². The molecule has 6 nitrogen and oxygen atoms in total. The Labute approximate surface area is 155 Å².